The van der Waals surface area contributed by atoms with Crippen molar-refractivity contribution in [2.75, 3.05) is 12.9 Å². The average molecular weight is 226 g/mol. The predicted molar refractivity (Wildman–Crippen MR) is 65.8 cm³/mol. The smallest absolute Gasteiger partial charge is 0.124 e. The summed E-state index contributed by atoms with van der Waals surface area (Å²) in [5, 5.41) is 9.92. The minimum Gasteiger partial charge on any atom is -0.496 e. The minimum absolute atomic E-state index is 0.482. The lowest BCUT2D eigenvalue weighted by molar-refractivity contribution is 0.170. The first-order chi connectivity index (χ1) is 7.22. The van der Waals surface area contributed by atoms with Crippen LogP contribution in [0.15, 0.2) is 18.2 Å². The molecule has 0 saturated heterocycles. The molecule has 0 bridgehead atoms. The summed E-state index contributed by atoms with van der Waals surface area (Å²) >= 11 is 4.12. The first-order valence-electron chi connectivity index (χ1n) is 5.18. The van der Waals surface area contributed by atoms with Crippen LogP contribution in [0.5, 0.6) is 5.75 Å². The number of ether oxygens (including phenoxy) is 1. The van der Waals surface area contributed by atoms with E-state index in [0.29, 0.717) is 12.2 Å². The molecule has 0 aliphatic carbocycles. The van der Waals surface area contributed by atoms with Crippen LogP contribution in [0.2, 0.25) is 0 Å². The molecule has 15 heavy (non-hydrogen) atoms. The van der Waals surface area contributed by atoms with Gasteiger partial charge in [0.25, 0.3) is 0 Å². The van der Waals surface area contributed by atoms with Gasteiger partial charge in [0, 0.05) is 5.56 Å². The maximum Gasteiger partial charge on any atom is 0.124 e. The zero-order chi connectivity index (χ0) is 11.3. The van der Waals surface area contributed by atoms with Gasteiger partial charge in [-0.15, -0.1) is 0 Å². The SMILES string of the molecule is CCc1ccc(OC)c(C(O)CCS)c1. The Morgan fingerprint density at radius 3 is 2.73 bits per heavy atom. The highest BCUT2D eigenvalue weighted by molar-refractivity contribution is 7.80. The van der Waals surface area contributed by atoms with Crippen molar-refractivity contribution in [3.63, 3.8) is 0 Å². The number of benzene rings is 1. The molecule has 0 aromatic heterocycles. The molecule has 1 aromatic rings. The largest absolute Gasteiger partial charge is 0.496 e. The third kappa shape index (κ3) is 3.14. The number of hydrogen-bond donors (Lipinski definition) is 2. The second-order valence-corrected chi connectivity index (χ2v) is 3.91. The van der Waals surface area contributed by atoms with Gasteiger partial charge in [-0.3, -0.25) is 0 Å². The Kier molecular flexibility index (Phi) is 4.99. The van der Waals surface area contributed by atoms with Crippen LogP contribution < -0.4 is 4.74 Å². The molecule has 1 N–H and O–H groups in total. The Balaban J connectivity index is 3.00. The molecule has 84 valence electrons. The molecule has 0 radical (unpaired) electrons. The van der Waals surface area contributed by atoms with Gasteiger partial charge < -0.3 is 9.84 Å². The van der Waals surface area contributed by atoms with E-state index in [1.165, 1.54) is 5.56 Å². The fourth-order valence-corrected chi connectivity index (χ4v) is 1.79. The number of methoxy groups -OCH3 is 1. The van der Waals surface area contributed by atoms with Crippen LogP contribution in [0.3, 0.4) is 0 Å². The maximum atomic E-state index is 9.92. The van der Waals surface area contributed by atoms with E-state index in [1.54, 1.807) is 7.11 Å². The van der Waals surface area contributed by atoms with E-state index in [-0.39, 0.29) is 0 Å². The third-order valence-corrected chi connectivity index (χ3v) is 2.72. The standard InChI is InChI=1S/C12H18O2S/c1-3-9-4-5-12(14-2)10(8-9)11(13)6-7-15/h4-5,8,11,13,15H,3,6-7H2,1-2H3. The molecule has 0 saturated carbocycles. The second-order valence-electron chi connectivity index (χ2n) is 3.46. The highest BCUT2D eigenvalue weighted by Crippen LogP contribution is 2.28. The predicted octanol–water partition coefficient (Wildman–Crippen LogP) is 2.61. The van der Waals surface area contributed by atoms with Crippen LogP contribution in [0.4, 0.5) is 0 Å². The Bertz CT molecular complexity index is 312. The number of aliphatic hydroxyl groups excluding tert-OH is 1. The van der Waals surface area contributed by atoms with E-state index in [4.69, 9.17) is 4.74 Å². The van der Waals surface area contributed by atoms with Crippen LogP contribution in [0.1, 0.15) is 30.6 Å². The molecule has 1 rings (SSSR count). The summed E-state index contributed by atoms with van der Waals surface area (Å²) in [5.74, 6) is 1.42. The van der Waals surface area contributed by atoms with Gasteiger partial charge in [0.2, 0.25) is 0 Å². The van der Waals surface area contributed by atoms with E-state index >= 15 is 0 Å². The van der Waals surface area contributed by atoms with Gasteiger partial charge in [0.1, 0.15) is 5.75 Å². The van der Waals surface area contributed by atoms with Crippen molar-refractivity contribution >= 4 is 12.6 Å². The Hall–Kier alpha value is -0.670. The summed E-state index contributed by atoms with van der Waals surface area (Å²) in [6.07, 6.45) is 1.13. The van der Waals surface area contributed by atoms with E-state index in [1.807, 2.05) is 18.2 Å². The summed E-state index contributed by atoms with van der Waals surface area (Å²) in [4.78, 5) is 0. The monoisotopic (exact) mass is 226 g/mol. The molecular formula is C12H18O2S. The van der Waals surface area contributed by atoms with Crippen molar-refractivity contribution < 1.29 is 9.84 Å². The van der Waals surface area contributed by atoms with E-state index in [2.05, 4.69) is 19.6 Å². The number of thiol groups is 1. The van der Waals surface area contributed by atoms with Crippen LogP contribution in [0, 0.1) is 0 Å². The zero-order valence-electron chi connectivity index (χ0n) is 9.23. The lowest BCUT2D eigenvalue weighted by atomic mass is 10.0. The number of aryl methyl sites for hydroxylation is 1. The molecular weight excluding hydrogens is 208 g/mol. The third-order valence-electron chi connectivity index (χ3n) is 2.46. The molecule has 1 aromatic carbocycles. The van der Waals surface area contributed by atoms with Gasteiger partial charge in [-0.2, -0.15) is 12.6 Å². The van der Waals surface area contributed by atoms with Crippen molar-refractivity contribution in [3.8, 4) is 5.75 Å². The lowest BCUT2D eigenvalue weighted by Gasteiger charge is -2.15. The summed E-state index contributed by atoms with van der Waals surface area (Å²) in [6, 6.07) is 5.94. The number of hydrogen-bond acceptors (Lipinski definition) is 3. The van der Waals surface area contributed by atoms with Crippen molar-refractivity contribution in [3.05, 3.63) is 29.3 Å². The average Bonchev–Trinajstić information content (AvgIpc) is 2.28. The Labute approximate surface area is 96.7 Å². The summed E-state index contributed by atoms with van der Waals surface area (Å²) < 4.78 is 5.23. The van der Waals surface area contributed by atoms with Crippen molar-refractivity contribution in [1.29, 1.82) is 0 Å². The van der Waals surface area contributed by atoms with E-state index < -0.39 is 6.10 Å². The zero-order valence-corrected chi connectivity index (χ0v) is 10.1. The molecule has 0 aliphatic heterocycles. The van der Waals surface area contributed by atoms with Crippen molar-refractivity contribution in [2.24, 2.45) is 0 Å². The number of aliphatic hydroxyl groups is 1. The summed E-state index contributed by atoms with van der Waals surface area (Å²) in [7, 11) is 1.62. The minimum atomic E-state index is -0.482. The summed E-state index contributed by atoms with van der Waals surface area (Å²) in [5.41, 5.74) is 2.08. The van der Waals surface area contributed by atoms with Crippen molar-refractivity contribution in [1.82, 2.24) is 0 Å². The summed E-state index contributed by atoms with van der Waals surface area (Å²) in [6.45, 7) is 2.09. The first-order valence-corrected chi connectivity index (χ1v) is 5.81. The molecule has 0 fully saturated rings. The Morgan fingerprint density at radius 2 is 2.20 bits per heavy atom. The molecule has 3 heteroatoms. The van der Waals surface area contributed by atoms with Crippen LogP contribution >= 0.6 is 12.6 Å². The van der Waals surface area contributed by atoms with Gasteiger partial charge in [-0.25, -0.2) is 0 Å². The lowest BCUT2D eigenvalue weighted by Crippen LogP contribution is -2.02. The van der Waals surface area contributed by atoms with Gasteiger partial charge in [-0.1, -0.05) is 13.0 Å². The van der Waals surface area contributed by atoms with Gasteiger partial charge in [0.15, 0.2) is 0 Å². The topological polar surface area (TPSA) is 29.5 Å². The number of rotatable bonds is 5. The first kappa shape index (κ1) is 12.4. The van der Waals surface area contributed by atoms with Gasteiger partial charge >= 0.3 is 0 Å². The molecule has 0 aliphatic rings. The fourth-order valence-electron chi connectivity index (χ4n) is 1.54. The molecule has 1 atom stereocenters. The van der Waals surface area contributed by atoms with E-state index in [9.17, 15) is 5.11 Å². The molecule has 2 nitrogen and oxygen atoms in total. The van der Waals surface area contributed by atoms with Crippen molar-refractivity contribution in [2.45, 2.75) is 25.9 Å². The van der Waals surface area contributed by atoms with Gasteiger partial charge in [-0.05, 0) is 36.3 Å². The molecule has 1 unspecified atom stereocenters. The van der Waals surface area contributed by atoms with Gasteiger partial charge in [0.05, 0.1) is 13.2 Å². The highest BCUT2D eigenvalue weighted by atomic mass is 32.1. The van der Waals surface area contributed by atoms with E-state index in [0.717, 1.165) is 17.7 Å². The van der Waals surface area contributed by atoms with Crippen LogP contribution in [0.25, 0.3) is 0 Å². The van der Waals surface area contributed by atoms with Crippen LogP contribution in [-0.4, -0.2) is 18.0 Å². The molecule has 0 amide bonds. The highest BCUT2D eigenvalue weighted by Gasteiger charge is 2.12. The Morgan fingerprint density at radius 1 is 1.47 bits per heavy atom. The maximum absolute atomic E-state index is 9.92. The quantitative estimate of drug-likeness (QED) is 0.756. The molecule has 0 heterocycles. The normalized spacial score (nSPS) is 12.5. The molecule has 0 spiro atoms. The second kappa shape index (κ2) is 6.03. The van der Waals surface area contributed by atoms with Crippen LogP contribution in [-0.2, 0) is 6.42 Å². The fraction of sp³-hybridized carbons (Fsp3) is 0.500.